The van der Waals surface area contributed by atoms with Gasteiger partial charge in [0, 0.05) is 16.2 Å². The molecule has 1 heterocycles. The number of allylic oxidation sites excluding steroid dienone is 3. The molecule has 14 nitrogen and oxygen atoms in total. The van der Waals surface area contributed by atoms with Gasteiger partial charge in [-0.15, -0.1) is 0 Å². The van der Waals surface area contributed by atoms with Gasteiger partial charge in [-0.2, -0.15) is 0 Å². The van der Waals surface area contributed by atoms with E-state index in [1.807, 2.05) is 6.92 Å². The summed E-state index contributed by atoms with van der Waals surface area (Å²) in [6, 6.07) is 0. The Morgan fingerprint density at radius 2 is 1.58 bits per heavy atom. The number of carbonyl (C=O) groups excluding carboxylic acids is 1. The summed E-state index contributed by atoms with van der Waals surface area (Å²) in [5.74, 6) is -0.600. The standard InChI is InChI=1S/C41H66O14/c1-21-30(48)32(50)33(51)34(54-21)55-29-10-11-37(3)26(38(29,4)19-43)9-12-39(5)27(37)8-7-22-23-15-36(2,35(52)53-18-25(46)31(49)24(45)17-42)13-14-41(23,20-44)28(47)16-40(22,39)6/h7-8,21,24-34,42-51H,9-20H2,1-6H3/t21-,24-,25+,26-,27-,28-,29+,30+,31-,32-,33-,34+,36-,37+,38+,39-,40-,41-/m1/s1. The van der Waals surface area contributed by atoms with E-state index in [0.717, 1.165) is 30.4 Å². The average molecular weight is 783 g/mol. The van der Waals surface area contributed by atoms with Crippen molar-refractivity contribution in [2.75, 3.05) is 26.4 Å². The van der Waals surface area contributed by atoms with Crippen LogP contribution in [0.4, 0.5) is 0 Å². The highest BCUT2D eigenvalue weighted by atomic mass is 16.7. The molecular weight excluding hydrogens is 716 g/mol. The number of rotatable bonds is 10. The molecule has 3 saturated carbocycles. The summed E-state index contributed by atoms with van der Waals surface area (Å²) in [6.07, 6.45) is -3.95. The highest BCUT2D eigenvalue weighted by Gasteiger charge is 2.69. The Hall–Kier alpha value is -1.53. The first-order chi connectivity index (χ1) is 25.6. The lowest BCUT2D eigenvalue weighted by molar-refractivity contribution is -0.327. The molecule has 55 heavy (non-hydrogen) atoms. The fraction of sp³-hybridized carbons (Fsp3) is 0.878. The molecular formula is C41H66O14. The van der Waals surface area contributed by atoms with E-state index in [0.29, 0.717) is 25.7 Å². The van der Waals surface area contributed by atoms with Crippen molar-refractivity contribution >= 4 is 5.97 Å². The number of aliphatic hydroxyl groups is 10. The zero-order valence-corrected chi connectivity index (χ0v) is 33.2. The molecule has 1 saturated heterocycles. The molecule has 14 heteroatoms. The van der Waals surface area contributed by atoms with Gasteiger partial charge in [0.05, 0.1) is 43.5 Å². The van der Waals surface area contributed by atoms with Crippen LogP contribution >= 0.6 is 0 Å². The number of esters is 1. The molecule has 314 valence electrons. The molecule has 0 unspecified atom stereocenters. The first-order valence-corrected chi connectivity index (χ1v) is 20.1. The molecule has 6 rings (SSSR count). The summed E-state index contributed by atoms with van der Waals surface area (Å²) in [4.78, 5) is 13.7. The first-order valence-electron chi connectivity index (χ1n) is 20.1. The Morgan fingerprint density at radius 3 is 2.22 bits per heavy atom. The normalized spacial score (nSPS) is 49.9. The number of carbonyl (C=O) groups is 1. The van der Waals surface area contributed by atoms with Crippen LogP contribution in [-0.4, -0.2) is 145 Å². The van der Waals surface area contributed by atoms with Crippen molar-refractivity contribution in [3.63, 3.8) is 0 Å². The predicted molar refractivity (Wildman–Crippen MR) is 197 cm³/mol. The van der Waals surface area contributed by atoms with Crippen molar-refractivity contribution in [2.45, 2.75) is 154 Å². The van der Waals surface area contributed by atoms with Crippen molar-refractivity contribution in [2.24, 2.45) is 44.3 Å². The Bertz CT molecular complexity index is 1500. The maximum Gasteiger partial charge on any atom is 0.312 e. The lowest BCUT2D eigenvalue weighted by Crippen LogP contribution is -2.66. The Balaban J connectivity index is 1.31. The summed E-state index contributed by atoms with van der Waals surface area (Å²) >= 11 is 0. The van der Waals surface area contributed by atoms with Crippen LogP contribution in [0, 0.1) is 44.3 Å². The molecule has 0 bridgehead atoms. The molecule has 6 aliphatic rings. The van der Waals surface area contributed by atoms with E-state index in [2.05, 4.69) is 32.9 Å². The summed E-state index contributed by atoms with van der Waals surface area (Å²) < 4.78 is 17.7. The van der Waals surface area contributed by atoms with Gasteiger partial charge in [0.1, 0.15) is 43.2 Å². The monoisotopic (exact) mass is 782 g/mol. The molecule has 1 aliphatic heterocycles. The van der Waals surface area contributed by atoms with E-state index >= 15 is 0 Å². The third kappa shape index (κ3) is 6.40. The summed E-state index contributed by atoms with van der Waals surface area (Å²) in [7, 11) is 0. The quantitative estimate of drug-likeness (QED) is 0.107. The highest BCUT2D eigenvalue weighted by Crippen LogP contribution is 2.74. The molecule has 18 atom stereocenters. The van der Waals surface area contributed by atoms with Gasteiger partial charge in [-0.05, 0) is 93.5 Å². The maximum absolute atomic E-state index is 13.7. The molecule has 0 radical (unpaired) electrons. The zero-order valence-electron chi connectivity index (χ0n) is 33.2. The fourth-order valence-electron chi connectivity index (χ4n) is 12.4. The van der Waals surface area contributed by atoms with Crippen molar-refractivity contribution in [1.82, 2.24) is 0 Å². The molecule has 4 fully saturated rings. The second-order valence-corrected chi connectivity index (χ2v) is 19.3. The van der Waals surface area contributed by atoms with Crippen LogP contribution in [0.25, 0.3) is 0 Å². The largest absolute Gasteiger partial charge is 0.462 e. The molecule has 0 amide bonds. The topological polar surface area (TPSA) is 247 Å². The third-order valence-corrected chi connectivity index (χ3v) is 16.4. The van der Waals surface area contributed by atoms with Crippen LogP contribution in [0.15, 0.2) is 23.3 Å². The minimum atomic E-state index is -1.71. The Kier molecular flexibility index (Phi) is 11.7. The Morgan fingerprint density at radius 1 is 0.891 bits per heavy atom. The van der Waals surface area contributed by atoms with Crippen LogP contribution in [0.2, 0.25) is 0 Å². The van der Waals surface area contributed by atoms with Gasteiger partial charge in [0.2, 0.25) is 0 Å². The lowest BCUT2D eigenvalue weighted by Gasteiger charge is -2.70. The van der Waals surface area contributed by atoms with Gasteiger partial charge < -0.3 is 65.3 Å². The molecule has 0 aromatic carbocycles. The Labute approximate surface area is 323 Å². The summed E-state index contributed by atoms with van der Waals surface area (Å²) in [5, 5.41) is 105. The van der Waals surface area contributed by atoms with Crippen molar-refractivity contribution in [3.05, 3.63) is 23.3 Å². The second kappa shape index (κ2) is 14.9. The summed E-state index contributed by atoms with van der Waals surface area (Å²) in [6.45, 7) is 10.3. The number of ether oxygens (including phenoxy) is 3. The van der Waals surface area contributed by atoms with Crippen molar-refractivity contribution in [3.8, 4) is 0 Å². The number of hydrogen-bond acceptors (Lipinski definition) is 14. The number of aliphatic hydroxyl groups excluding tert-OH is 10. The van der Waals surface area contributed by atoms with Gasteiger partial charge >= 0.3 is 5.97 Å². The van der Waals surface area contributed by atoms with Gasteiger partial charge in [-0.25, -0.2) is 0 Å². The zero-order chi connectivity index (χ0) is 40.7. The minimum absolute atomic E-state index is 0.0110. The lowest BCUT2D eigenvalue weighted by atomic mass is 9.35. The van der Waals surface area contributed by atoms with E-state index in [-0.39, 0.29) is 42.3 Å². The third-order valence-electron chi connectivity index (χ3n) is 16.4. The minimum Gasteiger partial charge on any atom is -0.462 e. The maximum atomic E-state index is 13.7. The van der Waals surface area contributed by atoms with Crippen LogP contribution in [0.1, 0.15) is 92.9 Å². The van der Waals surface area contributed by atoms with Crippen LogP contribution < -0.4 is 0 Å². The van der Waals surface area contributed by atoms with Gasteiger partial charge in [-0.1, -0.05) is 45.4 Å². The molecule has 0 aromatic heterocycles. The van der Waals surface area contributed by atoms with E-state index in [1.54, 1.807) is 13.8 Å². The van der Waals surface area contributed by atoms with Gasteiger partial charge in [-0.3, -0.25) is 4.79 Å². The smallest absolute Gasteiger partial charge is 0.312 e. The van der Waals surface area contributed by atoms with E-state index in [4.69, 9.17) is 19.3 Å². The van der Waals surface area contributed by atoms with Crippen molar-refractivity contribution < 1.29 is 70.1 Å². The predicted octanol–water partition coefficient (Wildman–Crippen LogP) is 0.455. The van der Waals surface area contributed by atoms with E-state index < -0.39 is 102 Å². The number of hydrogen-bond donors (Lipinski definition) is 10. The molecule has 5 aliphatic carbocycles. The highest BCUT2D eigenvalue weighted by molar-refractivity contribution is 5.77. The van der Waals surface area contributed by atoms with Crippen molar-refractivity contribution in [1.29, 1.82) is 0 Å². The first kappa shape index (κ1) is 43.1. The van der Waals surface area contributed by atoms with Gasteiger partial charge in [0.15, 0.2) is 6.29 Å². The van der Waals surface area contributed by atoms with Gasteiger partial charge in [0.25, 0.3) is 0 Å². The number of fused-ring (bicyclic) bond motifs is 6. The van der Waals surface area contributed by atoms with Crippen LogP contribution in [0.3, 0.4) is 0 Å². The summed E-state index contributed by atoms with van der Waals surface area (Å²) in [5.41, 5.74) is -2.18. The molecule has 0 aromatic rings. The average Bonchev–Trinajstić information content (AvgIpc) is 3.15. The van der Waals surface area contributed by atoms with Crippen LogP contribution in [0.5, 0.6) is 0 Å². The molecule has 10 N–H and O–H groups in total. The van der Waals surface area contributed by atoms with E-state index in [1.165, 1.54) is 0 Å². The fourth-order valence-corrected chi connectivity index (χ4v) is 12.4. The van der Waals surface area contributed by atoms with E-state index in [9.17, 15) is 50.8 Å². The SMILES string of the molecule is C[C@H]1O[C@@H](O[C@H]2CC[C@@]3(C)[C@@H](CC[C@]4(C)[C@@H]3C=CC3=C5C[C@](C)(C(=O)OC[C@H](O)[C@H](O)[C@H](O)CO)CC[C@]5(CO)[C@H](O)C[C@]34C)[C@]2(C)CO)[C@H](O)[C@H](O)[C@H]1O. The van der Waals surface area contributed by atoms with Crippen LogP contribution in [-0.2, 0) is 19.0 Å². The molecule has 0 spiro atoms. The second-order valence-electron chi connectivity index (χ2n) is 19.3.